The fourth-order valence-electron chi connectivity index (χ4n) is 5.19. The monoisotopic (exact) mass is 498 g/mol. The van der Waals surface area contributed by atoms with E-state index in [2.05, 4.69) is 17.1 Å². The number of H-pyrrole nitrogens is 1. The van der Waals surface area contributed by atoms with Crippen molar-refractivity contribution in [3.05, 3.63) is 92.3 Å². The van der Waals surface area contributed by atoms with Crippen LogP contribution in [0.25, 0.3) is 11.1 Å². The minimum atomic E-state index is -1.27. The van der Waals surface area contributed by atoms with Crippen LogP contribution in [0.5, 0.6) is 0 Å². The van der Waals surface area contributed by atoms with Crippen molar-refractivity contribution >= 4 is 11.6 Å². The molecular formula is C26H27ClN2O6. The summed E-state index contributed by atoms with van der Waals surface area (Å²) in [5.74, 6) is 0.574. The molecule has 1 spiro atoms. The Labute approximate surface area is 206 Å². The number of aromatic nitrogens is 2. The zero-order valence-electron chi connectivity index (χ0n) is 19.0. The summed E-state index contributed by atoms with van der Waals surface area (Å²) in [6.45, 7) is -0.191. The third-order valence-corrected chi connectivity index (χ3v) is 7.21. The highest BCUT2D eigenvalue weighted by molar-refractivity contribution is 6.17. The van der Waals surface area contributed by atoms with Crippen molar-refractivity contribution in [2.45, 2.75) is 49.9 Å². The number of rotatable bonds is 6. The van der Waals surface area contributed by atoms with Crippen molar-refractivity contribution in [1.82, 2.24) is 9.55 Å². The number of fused-ring (bicyclic) bond motifs is 1. The summed E-state index contributed by atoms with van der Waals surface area (Å²) < 4.78 is 13.4. The largest absolute Gasteiger partial charge is 0.394 e. The Morgan fingerprint density at radius 1 is 1.17 bits per heavy atom. The van der Waals surface area contributed by atoms with Gasteiger partial charge in [0.25, 0.3) is 5.56 Å². The number of aliphatic hydroxyl groups excluding tert-OH is 2. The Morgan fingerprint density at radius 2 is 1.97 bits per heavy atom. The summed E-state index contributed by atoms with van der Waals surface area (Å²) in [4.78, 5) is 26.1. The van der Waals surface area contributed by atoms with Crippen LogP contribution in [0.15, 0.2) is 64.3 Å². The summed E-state index contributed by atoms with van der Waals surface area (Å²) in [7, 11) is 0. The van der Waals surface area contributed by atoms with Crippen LogP contribution in [-0.2, 0) is 28.9 Å². The van der Waals surface area contributed by atoms with Gasteiger partial charge >= 0.3 is 5.69 Å². The number of aliphatic hydroxyl groups is 2. The molecule has 184 valence electrons. The first-order valence-electron chi connectivity index (χ1n) is 11.6. The number of ether oxygens (including phenoxy) is 2. The Hall–Kier alpha value is -2.75. The molecule has 3 aromatic rings. The highest BCUT2D eigenvalue weighted by Gasteiger charge is 2.59. The van der Waals surface area contributed by atoms with Gasteiger partial charge in [-0.15, -0.1) is 11.6 Å². The number of nitrogens with one attached hydrogen (secondary N) is 1. The number of nitrogens with zero attached hydrogens (tertiary/aromatic N) is 1. The Kier molecular flexibility index (Phi) is 6.65. The summed E-state index contributed by atoms with van der Waals surface area (Å²) in [5, 5.41) is 21.6. The average Bonchev–Trinajstić information content (AvgIpc) is 3.13. The van der Waals surface area contributed by atoms with Gasteiger partial charge < -0.3 is 19.7 Å². The van der Waals surface area contributed by atoms with E-state index in [0.717, 1.165) is 45.2 Å². The van der Waals surface area contributed by atoms with Crippen LogP contribution in [0.4, 0.5) is 0 Å². The van der Waals surface area contributed by atoms with E-state index in [9.17, 15) is 19.8 Å². The molecule has 9 heteroatoms. The lowest BCUT2D eigenvalue weighted by molar-refractivity contribution is -0.152. The van der Waals surface area contributed by atoms with Gasteiger partial charge in [0.1, 0.15) is 17.8 Å². The molecule has 0 saturated carbocycles. The number of hydrogen-bond donors (Lipinski definition) is 3. The van der Waals surface area contributed by atoms with Crippen LogP contribution in [-0.4, -0.2) is 50.1 Å². The minimum absolute atomic E-state index is 0.216. The van der Waals surface area contributed by atoms with E-state index in [1.54, 1.807) is 0 Å². The third kappa shape index (κ3) is 4.26. The SMILES string of the molecule is O=c1ccn([C@@H]2O[C@H](CO)[C@]3(Cc4c(cc(CCCCl)cc4-c4ccccc4)CO3)[C@H]2O)c(=O)[nH]1. The van der Waals surface area contributed by atoms with Crippen LogP contribution < -0.4 is 11.2 Å². The molecule has 3 heterocycles. The summed E-state index contributed by atoms with van der Waals surface area (Å²) in [5.41, 5.74) is 2.71. The lowest BCUT2D eigenvalue weighted by Gasteiger charge is -2.41. The molecule has 4 atom stereocenters. The number of hydrogen-bond acceptors (Lipinski definition) is 6. The highest BCUT2D eigenvalue weighted by atomic mass is 35.5. The van der Waals surface area contributed by atoms with Crippen molar-refractivity contribution in [2.75, 3.05) is 12.5 Å². The first-order valence-corrected chi connectivity index (χ1v) is 12.2. The number of aromatic amines is 1. The van der Waals surface area contributed by atoms with Crippen LogP contribution in [0, 0.1) is 0 Å². The summed E-state index contributed by atoms with van der Waals surface area (Å²) in [6, 6.07) is 15.4. The zero-order chi connectivity index (χ0) is 24.6. The van der Waals surface area contributed by atoms with E-state index in [4.69, 9.17) is 21.1 Å². The van der Waals surface area contributed by atoms with Crippen molar-refractivity contribution in [3.8, 4) is 11.1 Å². The van der Waals surface area contributed by atoms with Crippen LogP contribution >= 0.6 is 11.6 Å². The van der Waals surface area contributed by atoms with Gasteiger partial charge in [-0.1, -0.05) is 42.5 Å². The third-order valence-electron chi connectivity index (χ3n) is 6.95. The maximum Gasteiger partial charge on any atom is 0.330 e. The van der Waals surface area contributed by atoms with Crippen molar-refractivity contribution in [3.63, 3.8) is 0 Å². The molecule has 3 N–H and O–H groups in total. The van der Waals surface area contributed by atoms with Crippen molar-refractivity contribution < 1.29 is 19.7 Å². The molecule has 0 radical (unpaired) electrons. The van der Waals surface area contributed by atoms with E-state index < -0.39 is 41.9 Å². The molecule has 0 amide bonds. The van der Waals surface area contributed by atoms with Crippen LogP contribution in [0.2, 0.25) is 0 Å². The van der Waals surface area contributed by atoms with E-state index in [0.29, 0.717) is 5.88 Å². The number of halogens is 1. The van der Waals surface area contributed by atoms with E-state index in [1.165, 1.54) is 12.3 Å². The smallest absolute Gasteiger partial charge is 0.330 e. The van der Waals surface area contributed by atoms with Gasteiger partial charge in [-0.3, -0.25) is 14.3 Å². The lowest BCUT2D eigenvalue weighted by Crippen LogP contribution is -2.55. The second-order valence-electron chi connectivity index (χ2n) is 9.02. The maximum atomic E-state index is 12.4. The van der Waals surface area contributed by atoms with Gasteiger partial charge in [-0.05, 0) is 40.7 Å². The van der Waals surface area contributed by atoms with E-state index in [-0.39, 0.29) is 13.0 Å². The molecule has 0 aliphatic carbocycles. The molecule has 8 nitrogen and oxygen atoms in total. The molecule has 1 fully saturated rings. The molecule has 2 aromatic carbocycles. The second kappa shape index (κ2) is 9.72. The summed E-state index contributed by atoms with van der Waals surface area (Å²) in [6.07, 6.45) is -0.0228. The number of benzene rings is 2. The second-order valence-corrected chi connectivity index (χ2v) is 9.40. The van der Waals surface area contributed by atoms with Crippen LogP contribution in [0.1, 0.15) is 29.3 Å². The maximum absolute atomic E-state index is 12.4. The number of alkyl halides is 1. The molecule has 5 rings (SSSR count). The van der Waals surface area contributed by atoms with Gasteiger partial charge in [0, 0.05) is 24.6 Å². The van der Waals surface area contributed by atoms with Gasteiger partial charge in [-0.25, -0.2) is 4.79 Å². The average molecular weight is 499 g/mol. The predicted molar refractivity (Wildman–Crippen MR) is 130 cm³/mol. The molecule has 0 bridgehead atoms. The van der Waals surface area contributed by atoms with Gasteiger partial charge in [-0.2, -0.15) is 0 Å². The quantitative estimate of drug-likeness (QED) is 0.449. The predicted octanol–water partition coefficient (Wildman–Crippen LogP) is 2.14. The normalized spacial score (nSPS) is 25.6. The fraction of sp³-hybridized carbons (Fsp3) is 0.385. The fourth-order valence-corrected chi connectivity index (χ4v) is 5.33. The van der Waals surface area contributed by atoms with E-state index >= 15 is 0 Å². The number of aryl methyl sites for hydroxylation is 1. The molecule has 2 aliphatic heterocycles. The molecule has 35 heavy (non-hydrogen) atoms. The Bertz CT molecular complexity index is 1320. The lowest BCUT2D eigenvalue weighted by atomic mass is 9.78. The standard InChI is InChI=1S/C26H27ClN2O6/c27-9-4-5-16-11-18-15-34-26(13-20(18)19(12-16)17-6-2-1-3-7-17)21(14-30)35-24(23(26)32)29-10-8-22(31)28-25(29)33/h1-3,6-8,10-12,21,23-24,30,32H,4-5,9,13-15H2,(H,28,31,33)/t21-,23+,24-,26-/m1/s1. The van der Waals surface area contributed by atoms with Crippen LogP contribution in [0.3, 0.4) is 0 Å². The topological polar surface area (TPSA) is 114 Å². The molecule has 2 aliphatic rings. The Balaban J connectivity index is 1.58. The van der Waals surface area contributed by atoms with Gasteiger partial charge in [0.2, 0.25) is 0 Å². The molecule has 1 aromatic heterocycles. The van der Waals surface area contributed by atoms with Crippen molar-refractivity contribution in [2.24, 2.45) is 0 Å². The minimum Gasteiger partial charge on any atom is -0.394 e. The van der Waals surface area contributed by atoms with Gasteiger partial charge in [0.05, 0.1) is 13.2 Å². The summed E-state index contributed by atoms with van der Waals surface area (Å²) >= 11 is 5.93. The van der Waals surface area contributed by atoms with Gasteiger partial charge in [0.15, 0.2) is 6.23 Å². The zero-order valence-corrected chi connectivity index (χ0v) is 19.8. The van der Waals surface area contributed by atoms with Crippen molar-refractivity contribution in [1.29, 1.82) is 0 Å². The molecule has 0 unspecified atom stereocenters. The highest BCUT2D eigenvalue weighted by Crippen LogP contribution is 2.46. The Morgan fingerprint density at radius 3 is 2.69 bits per heavy atom. The molecule has 1 saturated heterocycles. The first-order chi connectivity index (χ1) is 17.0. The molecular weight excluding hydrogens is 472 g/mol. The first kappa shape index (κ1) is 24.0. The van der Waals surface area contributed by atoms with E-state index in [1.807, 2.05) is 30.3 Å².